The Balaban J connectivity index is 1.67. The van der Waals surface area contributed by atoms with Crippen molar-refractivity contribution in [1.29, 1.82) is 0 Å². The molecule has 0 aliphatic heterocycles. The first-order valence-corrected chi connectivity index (χ1v) is 7.44. The molecule has 0 unspecified atom stereocenters. The Morgan fingerprint density at radius 1 is 1.00 bits per heavy atom. The average molecular weight is 357 g/mol. The lowest BCUT2D eigenvalue weighted by atomic mass is 10.2. The molecule has 9 heteroatoms. The fraction of sp³-hybridized carbons (Fsp3) is 0.118. The van der Waals surface area contributed by atoms with Gasteiger partial charge >= 0.3 is 6.01 Å². The Kier molecular flexibility index (Phi) is 4.88. The minimum absolute atomic E-state index is 0.00507. The summed E-state index contributed by atoms with van der Waals surface area (Å²) in [5, 5.41) is 5.04. The summed E-state index contributed by atoms with van der Waals surface area (Å²) >= 11 is 0. The Labute approximate surface area is 147 Å². The van der Waals surface area contributed by atoms with E-state index in [1.807, 2.05) is 0 Å². The second kappa shape index (κ2) is 7.43. The first-order chi connectivity index (χ1) is 12.6. The summed E-state index contributed by atoms with van der Waals surface area (Å²) in [6.45, 7) is 0. The molecule has 0 saturated heterocycles. The summed E-state index contributed by atoms with van der Waals surface area (Å²) in [6, 6.07) is 7.86. The zero-order valence-electron chi connectivity index (χ0n) is 13.9. The van der Waals surface area contributed by atoms with Gasteiger partial charge in [-0.25, -0.2) is 0 Å². The average Bonchev–Trinajstić information content (AvgIpc) is 3.33. The maximum Gasteiger partial charge on any atom is 0.302 e. The summed E-state index contributed by atoms with van der Waals surface area (Å²) in [5.74, 6) is 0.0504. The van der Waals surface area contributed by atoms with Gasteiger partial charge in [0.1, 0.15) is 6.26 Å². The van der Waals surface area contributed by atoms with Crippen molar-refractivity contribution < 1.29 is 27.9 Å². The van der Waals surface area contributed by atoms with Gasteiger partial charge in [0, 0.05) is 11.8 Å². The Hall–Kier alpha value is -3.75. The number of hydrogen-bond acceptors (Lipinski definition) is 7. The number of amides is 2. The van der Waals surface area contributed by atoms with E-state index in [2.05, 4.69) is 15.6 Å². The Morgan fingerprint density at radius 2 is 1.81 bits per heavy atom. The van der Waals surface area contributed by atoms with E-state index >= 15 is 0 Å². The highest BCUT2D eigenvalue weighted by Gasteiger charge is 2.16. The molecule has 2 aromatic heterocycles. The van der Waals surface area contributed by atoms with E-state index in [9.17, 15) is 9.59 Å². The molecule has 134 valence electrons. The minimum Gasteiger partial charge on any atom is -0.493 e. The van der Waals surface area contributed by atoms with Crippen LogP contribution in [-0.2, 0) is 0 Å². The molecule has 0 saturated carbocycles. The Morgan fingerprint density at radius 3 is 2.50 bits per heavy atom. The standard InChI is InChI=1S/C17H15N3O6/c1-23-12-6-5-10(8-14(12)24-2)18-15(21)11-9-26-17(19-11)20-16(22)13-4-3-7-25-13/h3-9H,1-2H3,(H,18,21)(H,19,20,22). The molecule has 2 heterocycles. The third kappa shape index (κ3) is 3.66. The summed E-state index contributed by atoms with van der Waals surface area (Å²) in [6.07, 6.45) is 2.50. The van der Waals surface area contributed by atoms with Crippen molar-refractivity contribution in [2.45, 2.75) is 0 Å². The van der Waals surface area contributed by atoms with Crippen LogP contribution in [0.3, 0.4) is 0 Å². The predicted octanol–water partition coefficient (Wildman–Crippen LogP) is 2.79. The molecule has 0 aliphatic rings. The van der Waals surface area contributed by atoms with Crippen LogP contribution in [0.15, 0.2) is 51.7 Å². The zero-order valence-corrected chi connectivity index (χ0v) is 13.9. The monoisotopic (exact) mass is 357 g/mol. The molecule has 2 N–H and O–H groups in total. The third-order valence-corrected chi connectivity index (χ3v) is 3.34. The van der Waals surface area contributed by atoms with E-state index in [-0.39, 0.29) is 17.5 Å². The summed E-state index contributed by atoms with van der Waals surface area (Å²) < 4.78 is 20.4. The SMILES string of the molecule is COc1ccc(NC(=O)c2coc(NC(=O)c3ccco3)n2)cc1OC. The van der Waals surface area contributed by atoms with Crippen LogP contribution in [-0.4, -0.2) is 31.0 Å². The van der Waals surface area contributed by atoms with Crippen molar-refractivity contribution in [1.82, 2.24) is 4.98 Å². The van der Waals surface area contributed by atoms with Gasteiger partial charge in [-0.3, -0.25) is 14.9 Å². The van der Waals surface area contributed by atoms with E-state index in [1.165, 1.54) is 26.5 Å². The highest BCUT2D eigenvalue weighted by molar-refractivity contribution is 6.04. The number of nitrogens with zero attached hydrogens (tertiary/aromatic N) is 1. The molecule has 0 atom stereocenters. The third-order valence-electron chi connectivity index (χ3n) is 3.34. The van der Waals surface area contributed by atoms with Gasteiger partial charge < -0.3 is 23.6 Å². The van der Waals surface area contributed by atoms with E-state index in [4.69, 9.17) is 18.3 Å². The predicted molar refractivity (Wildman–Crippen MR) is 90.7 cm³/mol. The van der Waals surface area contributed by atoms with Gasteiger partial charge in [0.25, 0.3) is 11.8 Å². The molecule has 0 spiro atoms. The number of aromatic nitrogens is 1. The molecule has 3 aromatic rings. The molecule has 0 bridgehead atoms. The topological polar surface area (TPSA) is 116 Å². The van der Waals surface area contributed by atoms with Crippen LogP contribution in [0.2, 0.25) is 0 Å². The number of hydrogen-bond donors (Lipinski definition) is 2. The molecule has 26 heavy (non-hydrogen) atoms. The van der Waals surface area contributed by atoms with Crippen LogP contribution in [0.25, 0.3) is 0 Å². The molecule has 3 rings (SSSR count). The van der Waals surface area contributed by atoms with E-state index in [0.717, 1.165) is 6.26 Å². The van der Waals surface area contributed by atoms with Crippen molar-refractivity contribution in [3.8, 4) is 11.5 Å². The van der Waals surface area contributed by atoms with E-state index in [0.29, 0.717) is 17.2 Å². The fourth-order valence-corrected chi connectivity index (χ4v) is 2.11. The van der Waals surface area contributed by atoms with Crippen LogP contribution in [0.5, 0.6) is 11.5 Å². The van der Waals surface area contributed by atoms with Crippen molar-refractivity contribution in [2.24, 2.45) is 0 Å². The largest absolute Gasteiger partial charge is 0.493 e. The molecule has 0 radical (unpaired) electrons. The highest BCUT2D eigenvalue weighted by atomic mass is 16.5. The van der Waals surface area contributed by atoms with Crippen molar-refractivity contribution in [2.75, 3.05) is 24.9 Å². The molecular weight excluding hydrogens is 342 g/mol. The number of furan rings is 1. The number of methoxy groups -OCH3 is 2. The number of carbonyl (C=O) groups is 2. The molecule has 9 nitrogen and oxygen atoms in total. The molecule has 0 fully saturated rings. The normalized spacial score (nSPS) is 10.2. The van der Waals surface area contributed by atoms with Crippen molar-refractivity contribution in [3.63, 3.8) is 0 Å². The van der Waals surface area contributed by atoms with E-state index < -0.39 is 11.8 Å². The molecule has 0 aliphatic carbocycles. The summed E-state index contributed by atoms with van der Waals surface area (Å²) in [7, 11) is 3.01. The van der Waals surface area contributed by atoms with Gasteiger partial charge in [-0.15, -0.1) is 0 Å². The zero-order chi connectivity index (χ0) is 18.5. The maximum atomic E-state index is 12.3. The number of rotatable bonds is 6. The first kappa shape index (κ1) is 17.1. The lowest BCUT2D eigenvalue weighted by molar-refractivity contribution is 0.0990. The minimum atomic E-state index is -0.538. The van der Waals surface area contributed by atoms with Gasteiger partial charge in [0.2, 0.25) is 0 Å². The lowest BCUT2D eigenvalue weighted by Crippen LogP contribution is -2.14. The lowest BCUT2D eigenvalue weighted by Gasteiger charge is -2.09. The Bertz CT molecular complexity index is 916. The van der Waals surface area contributed by atoms with Crippen molar-refractivity contribution >= 4 is 23.5 Å². The fourth-order valence-electron chi connectivity index (χ4n) is 2.11. The van der Waals surface area contributed by atoms with Crippen LogP contribution in [0.1, 0.15) is 21.0 Å². The number of nitrogens with one attached hydrogen (secondary N) is 2. The van der Waals surface area contributed by atoms with E-state index in [1.54, 1.807) is 24.3 Å². The number of benzene rings is 1. The van der Waals surface area contributed by atoms with Crippen LogP contribution < -0.4 is 20.1 Å². The second-order valence-corrected chi connectivity index (χ2v) is 4.99. The quantitative estimate of drug-likeness (QED) is 0.697. The van der Waals surface area contributed by atoms with Gasteiger partial charge in [0.05, 0.1) is 20.5 Å². The van der Waals surface area contributed by atoms with Crippen molar-refractivity contribution in [3.05, 3.63) is 54.3 Å². The first-order valence-electron chi connectivity index (χ1n) is 7.44. The number of carbonyl (C=O) groups excluding carboxylic acids is 2. The van der Waals surface area contributed by atoms with Gasteiger partial charge in [-0.1, -0.05) is 0 Å². The molecule has 2 amide bonds. The number of ether oxygens (including phenoxy) is 2. The van der Waals surface area contributed by atoms with Crippen LogP contribution >= 0.6 is 0 Å². The van der Waals surface area contributed by atoms with Crippen LogP contribution in [0.4, 0.5) is 11.7 Å². The maximum absolute atomic E-state index is 12.3. The molecular formula is C17H15N3O6. The highest BCUT2D eigenvalue weighted by Crippen LogP contribution is 2.29. The summed E-state index contributed by atoms with van der Waals surface area (Å²) in [5.41, 5.74) is 0.478. The van der Waals surface area contributed by atoms with Gasteiger partial charge in [-0.2, -0.15) is 4.98 Å². The number of anilines is 2. The van der Waals surface area contributed by atoms with Gasteiger partial charge in [-0.05, 0) is 24.3 Å². The molecule has 1 aromatic carbocycles. The summed E-state index contributed by atoms with van der Waals surface area (Å²) in [4.78, 5) is 28.0. The second-order valence-electron chi connectivity index (χ2n) is 4.99. The van der Waals surface area contributed by atoms with Crippen LogP contribution in [0, 0.1) is 0 Å². The smallest absolute Gasteiger partial charge is 0.302 e. The number of oxazole rings is 1. The van der Waals surface area contributed by atoms with Gasteiger partial charge in [0.15, 0.2) is 23.0 Å².